The number of halogens is 2. The first-order valence-corrected chi connectivity index (χ1v) is 6.62. The monoisotopic (exact) mass is 296 g/mol. The molecule has 112 valence electrons. The molecule has 2 heterocycles. The number of ether oxygens (including phenoxy) is 1. The lowest BCUT2D eigenvalue weighted by Gasteiger charge is -2.16. The summed E-state index contributed by atoms with van der Waals surface area (Å²) in [6.07, 6.45) is -3.66. The topological polar surface area (TPSA) is 51.1 Å². The number of carbonyl (C=O) groups excluding carboxylic acids is 1. The molecule has 3 rings (SSSR count). The van der Waals surface area contributed by atoms with Crippen LogP contribution in [0.2, 0.25) is 0 Å². The minimum atomic E-state index is -2.65. The van der Waals surface area contributed by atoms with E-state index in [4.69, 9.17) is 9.57 Å². The van der Waals surface area contributed by atoms with E-state index in [2.05, 4.69) is 5.16 Å². The average Bonchev–Trinajstić information content (AvgIpc) is 3.05. The van der Waals surface area contributed by atoms with E-state index in [9.17, 15) is 13.6 Å². The van der Waals surface area contributed by atoms with Crippen molar-refractivity contribution in [3.63, 3.8) is 0 Å². The van der Waals surface area contributed by atoms with Gasteiger partial charge in [-0.1, -0.05) is 35.5 Å². The predicted octanol–water partition coefficient (Wildman–Crippen LogP) is 2.27. The smallest absolute Gasteiger partial charge is 0.410 e. The van der Waals surface area contributed by atoms with E-state index in [1.807, 2.05) is 30.3 Å². The molecule has 0 saturated carbocycles. The Labute approximate surface area is 120 Å². The van der Waals surface area contributed by atoms with Gasteiger partial charge < -0.3 is 14.5 Å². The molecule has 0 aromatic heterocycles. The molecular weight excluding hydrogens is 282 g/mol. The van der Waals surface area contributed by atoms with E-state index in [-0.39, 0.29) is 25.4 Å². The van der Waals surface area contributed by atoms with Gasteiger partial charge in [0.25, 0.3) is 6.43 Å². The number of carbonyl (C=O) groups is 1. The number of benzene rings is 1. The first-order chi connectivity index (χ1) is 10.1. The number of hydrogen-bond acceptors (Lipinski definition) is 4. The van der Waals surface area contributed by atoms with Gasteiger partial charge in [0.1, 0.15) is 12.3 Å². The number of oxime groups is 1. The van der Waals surface area contributed by atoms with E-state index in [0.29, 0.717) is 0 Å². The summed E-state index contributed by atoms with van der Waals surface area (Å²) in [4.78, 5) is 18.3. The molecule has 21 heavy (non-hydrogen) atoms. The Balaban J connectivity index is 1.55. The van der Waals surface area contributed by atoms with E-state index in [1.54, 1.807) is 0 Å². The Bertz CT molecular complexity index is 550. The quantitative estimate of drug-likeness (QED) is 0.860. The molecule has 2 aliphatic rings. The average molecular weight is 296 g/mol. The predicted molar refractivity (Wildman–Crippen MR) is 70.0 cm³/mol. The molecule has 7 heteroatoms. The van der Waals surface area contributed by atoms with Gasteiger partial charge in [0.2, 0.25) is 0 Å². The number of nitrogens with zero attached hydrogens (tertiary/aromatic N) is 2. The summed E-state index contributed by atoms with van der Waals surface area (Å²) in [5, 5.41) is 3.39. The van der Waals surface area contributed by atoms with E-state index < -0.39 is 24.5 Å². The van der Waals surface area contributed by atoms with Crippen LogP contribution in [0.5, 0.6) is 0 Å². The molecule has 0 N–H and O–H groups in total. The number of hydrogen-bond donors (Lipinski definition) is 0. The fraction of sp³-hybridized carbons (Fsp3) is 0.429. The van der Waals surface area contributed by atoms with Crippen LogP contribution in [-0.4, -0.2) is 42.3 Å². The van der Waals surface area contributed by atoms with E-state index in [0.717, 1.165) is 5.56 Å². The Morgan fingerprint density at radius 1 is 1.38 bits per heavy atom. The normalized spacial score (nSPS) is 23.8. The van der Waals surface area contributed by atoms with Crippen LogP contribution in [0, 0.1) is 5.92 Å². The summed E-state index contributed by atoms with van der Waals surface area (Å²) >= 11 is 0. The third-order valence-corrected chi connectivity index (χ3v) is 3.63. The number of fused-ring (bicyclic) bond motifs is 1. The molecule has 1 saturated heterocycles. The molecule has 2 atom stereocenters. The van der Waals surface area contributed by atoms with Crippen molar-refractivity contribution in [2.75, 3.05) is 13.1 Å². The number of likely N-dealkylation sites (tertiary alicyclic amines) is 1. The molecule has 0 aliphatic carbocycles. The number of alkyl halides is 2. The lowest BCUT2D eigenvalue weighted by Crippen LogP contribution is -2.31. The summed E-state index contributed by atoms with van der Waals surface area (Å²) in [6, 6.07) is 9.26. The van der Waals surface area contributed by atoms with Gasteiger partial charge in [-0.05, 0) is 5.56 Å². The zero-order valence-corrected chi connectivity index (χ0v) is 11.1. The largest absolute Gasteiger partial charge is 0.445 e. The first-order valence-electron chi connectivity index (χ1n) is 6.62. The molecule has 5 nitrogen and oxygen atoms in total. The molecule has 2 aliphatic heterocycles. The van der Waals surface area contributed by atoms with Gasteiger partial charge in [0.05, 0.1) is 12.5 Å². The second-order valence-corrected chi connectivity index (χ2v) is 5.01. The van der Waals surface area contributed by atoms with Gasteiger partial charge in [0, 0.05) is 6.54 Å². The molecule has 0 radical (unpaired) electrons. The molecule has 0 spiro atoms. The van der Waals surface area contributed by atoms with Crippen molar-refractivity contribution in [2.45, 2.75) is 19.1 Å². The summed E-state index contributed by atoms with van der Waals surface area (Å²) in [5.41, 5.74) is 0.592. The van der Waals surface area contributed by atoms with Gasteiger partial charge in [0.15, 0.2) is 6.10 Å². The lowest BCUT2D eigenvalue weighted by atomic mass is 10.0. The Hall–Kier alpha value is -2.18. The van der Waals surface area contributed by atoms with Gasteiger partial charge in [-0.15, -0.1) is 0 Å². The van der Waals surface area contributed by atoms with Gasteiger partial charge in [-0.3, -0.25) is 0 Å². The fourth-order valence-electron chi connectivity index (χ4n) is 2.52. The van der Waals surface area contributed by atoms with Gasteiger partial charge >= 0.3 is 6.09 Å². The molecule has 1 aromatic carbocycles. The van der Waals surface area contributed by atoms with E-state index in [1.165, 1.54) is 4.90 Å². The van der Waals surface area contributed by atoms with Crippen LogP contribution in [0.3, 0.4) is 0 Å². The summed E-state index contributed by atoms with van der Waals surface area (Å²) < 4.78 is 30.6. The maximum Gasteiger partial charge on any atom is 0.410 e. The highest BCUT2D eigenvalue weighted by molar-refractivity contribution is 5.91. The summed E-state index contributed by atoms with van der Waals surface area (Å²) in [5.74, 6) is -0.533. The van der Waals surface area contributed by atoms with Crippen LogP contribution in [-0.2, 0) is 16.2 Å². The van der Waals surface area contributed by atoms with Crippen LogP contribution in [0.25, 0.3) is 0 Å². The molecule has 1 aromatic rings. The standard InChI is InChI=1S/C14H14F2N2O3/c15-13(16)12-10-6-18(7-11(10)21-17-12)14(19)20-8-9-4-2-1-3-5-9/h1-5,10-11,13H,6-8H2. The minimum Gasteiger partial charge on any atom is -0.445 e. The van der Waals surface area contributed by atoms with Crippen molar-refractivity contribution in [1.82, 2.24) is 4.90 Å². The maximum atomic E-state index is 12.7. The van der Waals surface area contributed by atoms with Crippen molar-refractivity contribution in [1.29, 1.82) is 0 Å². The van der Waals surface area contributed by atoms with Crippen LogP contribution < -0.4 is 0 Å². The van der Waals surface area contributed by atoms with Crippen molar-refractivity contribution in [3.8, 4) is 0 Å². The van der Waals surface area contributed by atoms with Crippen molar-refractivity contribution >= 4 is 11.8 Å². The van der Waals surface area contributed by atoms with Crippen LogP contribution in [0.15, 0.2) is 35.5 Å². The van der Waals surface area contributed by atoms with Crippen molar-refractivity contribution in [3.05, 3.63) is 35.9 Å². The molecule has 0 bridgehead atoms. The van der Waals surface area contributed by atoms with Crippen LogP contribution in [0.1, 0.15) is 5.56 Å². The fourth-order valence-corrected chi connectivity index (χ4v) is 2.52. The molecule has 1 fully saturated rings. The van der Waals surface area contributed by atoms with Crippen LogP contribution >= 0.6 is 0 Å². The second-order valence-electron chi connectivity index (χ2n) is 5.01. The third-order valence-electron chi connectivity index (χ3n) is 3.63. The highest BCUT2D eigenvalue weighted by Gasteiger charge is 2.47. The van der Waals surface area contributed by atoms with Gasteiger partial charge in [-0.25, -0.2) is 13.6 Å². The number of amides is 1. The Kier molecular flexibility index (Phi) is 3.72. The van der Waals surface area contributed by atoms with Gasteiger partial charge in [-0.2, -0.15) is 0 Å². The zero-order chi connectivity index (χ0) is 14.8. The molecule has 2 unspecified atom stereocenters. The summed E-state index contributed by atoms with van der Waals surface area (Å²) in [7, 11) is 0. The Morgan fingerprint density at radius 2 is 2.14 bits per heavy atom. The highest BCUT2D eigenvalue weighted by Crippen LogP contribution is 2.29. The summed E-state index contributed by atoms with van der Waals surface area (Å²) in [6.45, 7) is 0.529. The van der Waals surface area contributed by atoms with Crippen molar-refractivity contribution < 1.29 is 23.1 Å². The minimum absolute atomic E-state index is 0.154. The van der Waals surface area contributed by atoms with Crippen LogP contribution in [0.4, 0.5) is 13.6 Å². The maximum absolute atomic E-state index is 12.7. The second kappa shape index (κ2) is 5.67. The third kappa shape index (κ3) is 2.81. The SMILES string of the molecule is O=C(OCc1ccccc1)N1CC2ON=C(C(F)F)C2C1. The van der Waals surface area contributed by atoms with E-state index >= 15 is 0 Å². The molecular formula is C14H14F2N2O3. The lowest BCUT2D eigenvalue weighted by molar-refractivity contribution is 0.0662. The van der Waals surface area contributed by atoms with Crippen molar-refractivity contribution in [2.24, 2.45) is 11.1 Å². The molecule has 1 amide bonds. The Morgan fingerprint density at radius 3 is 2.86 bits per heavy atom. The zero-order valence-electron chi connectivity index (χ0n) is 11.1. The first kappa shape index (κ1) is 13.8. The highest BCUT2D eigenvalue weighted by atomic mass is 19.3. The number of rotatable bonds is 3.